The Balaban J connectivity index is 2.27. The van der Waals surface area contributed by atoms with E-state index in [1.807, 2.05) is 0 Å². The monoisotopic (exact) mass is 323 g/mol. The Labute approximate surface area is 131 Å². The summed E-state index contributed by atoms with van der Waals surface area (Å²) in [6.07, 6.45) is 1.98. The number of carbonyl (C=O) groups excluding carboxylic acids is 2. The number of carbonyl (C=O) groups is 2. The second kappa shape index (κ2) is 6.73. The number of nitrogens with one attached hydrogen (secondary N) is 1. The van der Waals surface area contributed by atoms with Crippen LogP contribution in [0.4, 0.5) is 0 Å². The molecule has 0 spiro atoms. The number of ether oxygens (including phenoxy) is 2. The molecule has 0 aromatic heterocycles. The van der Waals surface area contributed by atoms with E-state index >= 15 is 0 Å². The summed E-state index contributed by atoms with van der Waals surface area (Å²) in [6.45, 7) is 1.71. The van der Waals surface area contributed by atoms with Crippen molar-refractivity contribution in [1.82, 2.24) is 5.32 Å². The van der Waals surface area contributed by atoms with E-state index in [4.69, 9.17) is 21.7 Å². The molecule has 0 saturated carbocycles. The van der Waals surface area contributed by atoms with Crippen LogP contribution in [0.3, 0.4) is 0 Å². The summed E-state index contributed by atoms with van der Waals surface area (Å²) in [5.74, 6) is 0.226. The first-order valence-corrected chi connectivity index (χ1v) is 7.39. The molecule has 1 fully saturated rings. The van der Waals surface area contributed by atoms with E-state index in [1.165, 1.54) is 18.9 Å². The number of esters is 1. The van der Waals surface area contributed by atoms with Crippen LogP contribution in [0.1, 0.15) is 18.9 Å². The average molecular weight is 323 g/mol. The fourth-order valence-electron chi connectivity index (χ4n) is 1.63. The zero-order valence-corrected chi connectivity index (χ0v) is 13.1. The van der Waals surface area contributed by atoms with Gasteiger partial charge in [0.15, 0.2) is 11.5 Å². The van der Waals surface area contributed by atoms with Crippen LogP contribution in [0.25, 0.3) is 6.08 Å². The quantitative estimate of drug-likeness (QED) is 0.397. The number of hydrogen-bond acceptors (Lipinski definition) is 6. The van der Waals surface area contributed by atoms with E-state index in [0.29, 0.717) is 20.7 Å². The molecule has 1 N–H and O–H groups in total. The Morgan fingerprint density at radius 2 is 2.19 bits per heavy atom. The standard InChI is InChI=1S/C14H13NO4S2/c1-3-12(16)19-9-5-4-8(6-10(9)18-2)7-11-13(17)15-14(20)21-11/h4-7H,3H2,1-2H3,(H,15,17,20). The zero-order valence-electron chi connectivity index (χ0n) is 11.5. The highest BCUT2D eigenvalue weighted by atomic mass is 32.2. The minimum atomic E-state index is -0.338. The predicted molar refractivity (Wildman–Crippen MR) is 85.2 cm³/mol. The fourth-order valence-corrected chi connectivity index (χ4v) is 2.67. The SMILES string of the molecule is CCC(=O)Oc1ccc(C=C2SC(=S)NC2=O)cc1OC. The van der Waals surface area contributed by atoms with Gasteiger partial charge in [0.05, 0.1) is 12.0 Å². The molecule has 1 saturated heterocycles. The third kappa shape index (κ3) is 3.83. The van der Waals surface area contributed by atoms with Crippen LogP contribution in [-0.4, -0.2) is 23.3 Å². The normalized spacial score (nSPS) is 16.0. The van der Waals surface area contributed by atoms with E-state index in [2.05, 4.69) is 5.32 Å². The van der Waals surface area contributed by atoms with Crippen molar-refractivity contribution in [3.8, 4) is 11.5 Å². The van der Waals surface area contributed by atoms with Crippen LogP contribution in [-0.2, 0) is 9.59 Å². The highest BCUT2D eigenvalue weighted by Crippen LogP contribution is 2.31. The van der Waals surface area contributed by atoms with Gasteiger partial charge in [0.25, 0.3) is 5.91 Å². The highest BCUT2D eigenvalue weighted by molar-refractivity contribution is 8.26. The molecule has 1 aromatic rings. The largest absolute Gasteiger partial charge is 0.493 e. The van der Waals surface area contributed by atoms with E-state index in [-0.39, 0.29) is 18.3 Å². The van der Waals surface area contributed by atoms with Crippen molar-refractivity contribution in [3.05, 3.63) is 28.7 Å². The molecule has 7 heteroatoms. The van der Waals surface area contributed by atoms with Crippen LogP contribution in [0.5, 0.6) is 11.5 Å². The second-order valence-corrected chi connectivity index (χ2v) is 5.81. The Hall–Kier alpha value is -1.86. The summed E-state index contributed by atoms with van der Waals surface area (Å²) < 4.78 is 10.8. The van der Waals surface area contributed by atoms with Gasteiger partial charge in [0, 0.05) is 6.42 Å². The molecule has 110 valence electrons. The highest BCUT2D eigenvalue weighted by Gasteiger charge is 2.22. The Morgan fingerprint density at radius 3 is 2.76 bits per heavy atom. The summed E-state index contributed by atoms with van der Waals surface area (Å²) in [7, 11) is 1.49. The third-order valence-electron chi connectivity index (χ3n) is 2.64. The molecule has 1 heterocycles. The molecule has 1 aromatic carbocycles. The van der Waals surface area contributed by atoms with Gasteiger partial charge in [-0.3, -0.25) is 9.59 Å². The molecular weight excluding hydrogens is 310 g/mol. The van der Waals surface area contributed by atoms with Crippen LogP contribution in [0.2, 0.25) is 0 Å². The number of benzene rings is 1. The molecule has 5 nitrogen and oxygen atoms in total. The summed E-state index contributed by atoms with van der Waals surface area (Å²) in [5.41, 5.74) is 0.755. The van der Waals surface area contributed by atoms with Crippen molar-refractivity contribution in [1.29, 1.82) is 0 Å². The van der Waals surface area contributed by atoms with E-state index in [0.717, 1.165) is 5.56 Å². The number of amides is 1. The van der Waals surface area contributed by atoms with Gasteiger partial charge < -0.3 is 14.8 Å². The van der Waals surface area contributed by atoms with Gasteiger partial charge in [-0.2, -0.15) is 0 Å². The van der Waals surface area contributed by atoms with Crippen molar-refractivity contribution in [2.24, 2.45) is 0 Å². The molecule has 1 aliphatic heterocycles. The molecular formula is C14H13NO4S2. The van der Waals surface area contributed by atoms with Gasteiger partial charge in [0.2, 0.25) is 0 Å². The maximum Gasteiger partial charge on any atom is 0.311 e. The lowest BCUT2D eigenvalue weighted by atomic mass is 10.2. The van der Waals surface area contributed by atoms with Crippen LogP contribution >= 0.6 is 24.0 Å². The second-order valence-electron chi connectivity index (χ2n) is 4.09. The zero-order chi connectivity index (χ0) is 15.4. The minimum Gasteiger partial charge on any atom is -0.493 e. The number of thioether (sulfide) groups is 1. The van der Waals surface area contributed by atoms with Crippen LogP contribution in [0, 0.1) is 0 Å². The maximum absolute atomic E-state index is 11.6. The van der Waals surface area contributed by atoms with Crippen LogP contribution < -0.4 is 14.8 Å². The van der Waals surface area contributed by atoms with Crippen molar-refractivity contribution >= 4 is 46.3 Å². The average Bonchev–Trinajstić information content (AvgIpc) is 2.78. The van der Waals surface area contributed by atoms with Crippen molar-refractivity contribution in [3.63, 3.8) is 0 Å². The molecule has 0 aliphatic carbocycles. The lowest BCUT2D eigenvalue weighted by molar-refractivity contribution is -0.134. The van der Waals surface area contributed by atoms with E-state index in [9.17, 15) is 9.59 Å². The van der Waals surface area contributed by atoms with Gasteiger partial charge in [0.1, 0.15) is 4.32 Å². The number of rotatable bonds is 4. The third-order valence-corrected chi connectivity index (χ3v) is 3.80. The summed E-state index contributed by atoms with van der Waals surface area (Å²) >= 11 is 6.13. The summed E-state index contributed by atoms with van der Waals surface area (Å²) in [6, 6.07) is 5.07. The Morgan fingerprint density at radius 1 is 1.43 bits per heavy atom. The van der Waals surface area contributed by atoms with Gasteiger partial charge in [-0.05, 0) is 23.8 Å². The molecule has 1 amide bonds. The van der Waals surface area contributed by atoms with E-state index in [1.54, 1.807) is 31.2 Å². The fraction of sp³-hybridized carbons (Fsp3) is 0.214. The van der Waals surface area contributed by atoms with Crippen LogP contribution in [0.15, 0.2) is 23.1 Å². The Bertz CT molecular complexity index is 640. The van der Waals surface area contributed by atoms with Crippen molar-refractivity contribution < 1.29 is 19.1 Å². The first-order valence-electron chi connectivity index (χ1n) is 6.17. The predicted octanol–water partition coefficient (Wildman–Crippen LogP) is 2.50. The lowest BCUT2D eigenvalue weighted by Gasteiger charge is -2.09. The number of methoxy groups -OCH3 is 1. The molecule has 0 unspecified atom stereocenters. The minimum absolute atomic E-state index is 0.217. The Kier molecular flexibility index (Phi) is 4.98. The number of thiocarbonyl (C=S) groups is 1. The maximum atomic E-state index is 11.6. The van der Waals surface area contributed by atoms with Crippen molar-refractivity contribution in [2.45, 2.75) is 13.3 Å². The lowest BCUT2D eigenvalue weighted by Crippen LogP contribution is -2.17. The van der Waals surface area contributed by atoms with Gasteiger partial charge >= 0.3 is 5.97 Å². The molecule has 0 radical (unpaired) electrons. The van der Waals surface area contributed by atoms with Crippen molar-refractivity contribution in [2.75, 3.05) is 7.11 Å². The smallest absolute Gasteiger partial charge is 0.311 e. The summed E-state index contributed by atoms with van der Waals surface area (Å²) in [5, 5.41) is 2.55. The molecule has 0 bridgehead atoms. The molecule has 0 atom stereocenters. The summed E-state index contributed by atoms with van der Waals surface area (Å²) in [4.78, 5) is 23.5. The molecule has 2 rings (SSSR count). The first kappa shape index (κ1) is 15.5. The first-order chi connectivity index (χ1) is 10.0. The van der Waals surface area contributed by atoms with Gasteiger partial charge in [-0.1, -0.05) is 37.0 Å². The number of hydrogen-bond donors (Lipinski definition) is 1. The molecule has 1 aliphatic rings. The van der Waals surface area contributed by atoms with Gasteiger partial charge in [-0.15, -0.1) is 0 Å². The van der Waals surface area contributed by atoms with E-state index < -0.39 is 0 Å². The molecule has 21 heavy (non-hydrogen) atoms. The topological polar surface area (TPSA) is 64.6 Å². The van der Waals surface area contributed by atoms with Gasteiger partial charge in [-0.25, -0.2) is 0 Å².